The smallest absolute Gasteiger partial charge is 0.0892 e. The fraction of sp³-hybridized carbons (Fsp3) is 0.714. The van der Waals surface area contributed by atoms with Crippen molar-refractivity contribution >= 4 is 0 Å². The monoisotopic (exact) mass is 126 g/mol. The van der Waals surface area contributed by atoms with Crippen molar-refractivity contribution in [1.29, 1.82) is 0 Å². The first-order chi connectivity index (χ1) is 4.13. The van der Waals surface area contributed by atoms with Crippen LogP contribution in [0.25, 0.3) is 0 Å². The van der Waals surface area contributed by atoms with E-state index < -0.39 is 0 Å². The first kappa shape index (κ1) is 6.46. The molecule has 0 unspecified atom stereocenters. The van der Waals surface area contributed by atoms with E-state index >= 15 is 0 Å². The van der Waals surface area contributed by atoms with E-state index in [9.17, 15) is 0 Å². The molecule has 0 fully saturated rings. The van der Waals surface area contributed by atoms with E-state index in [4.69, 9.17) is 0 Å². The van der Waals surface area contributed by atoms with Crippen LogP contribution in [0.15, 0.2) is 11.4 Å². The number of hydrogen-bond donors (Lipinski definition) is 0. The Hall–Kier alpha value is -0.660. The predicted octanol–water partition coefficient (Wildman–Crippen LogP) is 1.07. The molecule has 52 valence electrons. The zero-order valence-electron chi connectivity index (χ0n) is 6.60. The third kappa shape index (κ3) is 0.889. The molecule has 1 aliphatic rings. The van der Waals surface area contributed by atoms with Crippen molar-refractivity contribution in [3.05, 3.63) is 11.4 Å². The van der Waals surface area contributed by atoms with Crippen molar-refractivity contribution in [2.45, 2.75) is 13.8 Å². The van der Waals surface area contributed by atoms with Gasteiger partial charge in [-0.15, -0.1) is 0 Å². The third-order valence-electron chi connectivity index (χ3n) is 2.09. The van der Waals surface area contributed by atoms with Gasteiger partial charge in [-0.1, -0.05) is 0 Å². The van der Waals surface area contributed by atoms with Gasteiger partial charge in [0.1, 0.15) is 0 Å². The van der Waals surface area contributed by atoms with Gasteiger partial charge in [-0.3, -0.25) is 0 Å². The van der Waals surface area contributed by atoms with E-state index in [1.807, 2.05) is 0 Å². The number of nitrogens with zero attached hydrogens (tertiary/aromatic N) is 2. The Morgan fingerprint density at radius 1 is 1.00 bits per heavy atom. The van der Waals surface area contributed by atoms with Crippen LogP contribution in [0.3, 0.4) is 0 Å². The topological polar surface area (TPSA) is 6.48 Å². The van der Waals surface area contributed by atoms with Gasteiger partial charge < -0.3 is 9.80 Å². The van der Waals surface area contributed by atoms with Gasteiger partial charge in [-0.25, -0.2) is 0 Å². The van der Waals surface area contributed by atoms with Crippen LogP contribution in [0, 0.1) is 0 Å². The van der Waals surface area contributed by atoms with Crippen LogP contribution in [-0.4, -0.2) is 30.6 Å². The van der Waals surface area contributed by atoms with Gasteiger partial charge in [0.05, 0.1) is 6.67 Å². The van der Waals surface area contributed by atoms with E-state index in [0.29, 0.717) is 0 Å². The minimum absolute atomic E-state index is 1.04. The number of hydrogen-bond acceptors (Lipinski definition) is 2. The minimum Gasteiger partial charge on any atom is -0.359 e. The van der Waals surface area contributed by atoms with E-state index in [0.717, 1.165) is 6.67 Å². The van der Waals surface area contributed by atoms with Gasteiger partial charge in [-0.05, 0) is 13.8 Å². The summed E-state index contributed by atoms with van der Waals surface area (Å²) in [5.41, 5.74) is 2.77. The van der Waals surface area contributed by atoms with Crippen LogP contribution in [0.1, 0.15) is 13.8 Å². The maximum absolute atomic E-state index is 2.25. The van der Waals surface area contributed by atoms with Crippen molar-refractivity contribution in [2.75, 3.05) is 20.8 Å². The quantitative estimate of drug-likeness (QED) is 0.479. The zero-order chi connectivity index (χ0) is 7.02. The lowest BCUT2D eigenvalue weighted by Gasteiger charge is -2.14. The summed E-state index contributed by atoms with van der Waals surface area (Å²) in [5.74, 6) is 0. The van der Waals surface area contributed by atoms with Crippen molar-refractivity contribution in [3.63, 3.8) is 0 Å². The molecule has 0 saturated heterocycles. The second-order valence-electron chi connectivity index (χ2n) is 2.71. The van der Waals surface area contributed by atoms with Crippen LogP contribution < -0.4 is 0 Å². The molecule has 0 atom stereocenters. The second-order valence-corrected chi connectivity index (χ2v) is 2.71. The lowest BCUT2D eigenvalue weighted by atomic mass is 10.4. The standard InChI is InChI=1S/C7H14N2/c1-6-7(2)9(4)5-8(6)3/h5H2,1-4H3. The molecule has 2 heteroatoms. The average Bonchev–Trinajstić information content (AvgIpc) is 1.98. The fourth-order valence-corrected chi connectivity index (χ4v) is 1.08. The van der Waals surface area contributed by atoms with Crippen molar-refractivity contribution in [3.8, 4) is 0 Å². The molecule has 0 radical (unpaired) electrons. The number of rotatable bonds is 0. The Kier molecular flexibility index (Phi) is 1.39. The Morgan fingerprint density at radius 2 is 1.33 bits per heavy atom. The summed E-state index contributed by atoms with van der Waals surface area (Å²) in [5, 5.41) is 0. The third-order valence-corrected chi connectivity index (χ3v) is 2.09. The minimum atomic E-state index is 1.04. The lowest BCUT2D eigenvalue weighted by molar-refractivity contribution is 0.318. The summed E-state index contributed by atoms with van der Waals surface area (Å²) in [6.45, 7) is 5.34. The van der Waals surface area contributed by atoms with Crippen molar-refractivity contribution in [2.24, 2.45) is 0 Å². The van der Waals surface area contributed by atoms with Crippen molar-refractivity contribution < 1.29 is 0 Å². The van der Waals surface area contributed by atoms with Crippen LogP contribution in [0.2, 0.25) is 0 Å². The molecule has 0 aliphatic carbocycles. The molecule has 1 rings (SSSR count). The molecule has 0 N–H and O–H groups in total. The molecule has 1 aliphatic heterocycles. The lowest BCUT2D eigenvalue weighted by Crippen LogP contribution is -2.20. The average molecular weight is 126 g/mol. The van der Waals surface area contributed by atoms with Crippen LogP contribution in [0.5, 0.6) is 0 Å². The van der Waals surface area contributed by atoms with Gasteiger partial charge in [0.25, 0.3) is 0 Å². The highest BCUT2D eigenvalue weighted by molar-refractivity contribution is 5.11. The van der Waals surface area contributed by atoms with Crippen molar-refractivity contribution in [1.82, 2.24) is 9.80 Å². The van der Waals surface area contributed by atoms with E-state index in [2.05, 4.69) is 37.7 Å². The summed E-state index contributed by atoms with van der Waals surface area (Å²) in [7, 11) is 4.23. The van der Waals surface area contributed by atoms with Gasteiger partial charge in [0.15, 0.2) is 0 Å². The first-order valence-corrected chi connectivity index (χ1v) is 3.22. The van der Waals surface area contributed by atoms with E-state index in [-0.39, 0.29) is 0 Å². The normalized spacial score (nSPS) is 20.0. The summed E-state index contributed by atoms with van der Waals surface area (Å²) in [4.78, 5) is 4.49. The molecule has 0 aromatic carbocycles. The highest BCUT2D eigenvalue weighted by Crippen LogP contribution is 2.18. The van der Waals surface area contributed by atoms with Gasteiger partial charge in [0.2, 0.25) is 0 Å². The molecular formula is C7H14N2. The Bertz CT molecular complexity index is 133. The second kappa shape index (κ2) is 1.94. The molecule has 9 heavy (non-hydrogen) atoms. The largest absolute Gasteiger partial charge is 0.359 e. The number of allylic oxidation sites excluding steroid dienone is 2. The van der Waals surface area contributed by atoms with Crippen LogP contribution in [-0.2, 0) is 0 Å². The summed E-state index contributed by atoms with van der Waals surface area (Å²) < 4.78 is 0. The summed E-state index contributed by atoms with van der Waals surface area (Å²) in [6, 6.07) is 0. The first-order valence-electron chi connectivity index (χ1n) is 3.22. The van der Waals surface area contributed by atoms with Gasteiger partial charge in [0, 0.05) is 25.5 Å². The maximum Gasteiger partial charge on any atom is 0.0892 e. The molecular weight excluding hydrogens is 112 g/mol. The molecule has 0 bridgehead atoms. The molecule has 0 aromatic rings. The zero-order valence-corrected chi connectivity index (χ0v) is 6.60. The molecule has 2 nitrogen and oxygen atoms in total. The SMILES string of the molecule is CC1=C(C)N(C)CN1C. The Balaban J connectivity index is 2.79. The van der Waals surface area contributed by atoms with Gasteiger partial charge in [-0.2, -0.15) is 0 Å². The van der Waals surface area contributed by atoms with Crippen LogP contribution >= 0.6 is 0 Å². The molecule has 0 aromatic heterocycles. The fourth-order valence-electron chi connectivity index (χ4n) is 1.08. The summed E-state index contributed by atoms with van der Waals surface area (Å²) >= 11 is 0. The molecule has 0 saturated carbocycles. The Morgan fingerprint density at radius 3 is 1.44 bits per heavy atom. The molecule has 0 amide bonds. The molecule has 0 spiro atoms. The highest BCUT2D eigenvalue weighted by Gasteiger charge is 2.15. The predicted molar refractivity (Wildman–Crippen MR) is 38.8 cm³/mol. The van der Waals surface area contributed by atoms with Gasteiger partial charge >= 0.3 is 0 Å². The maximum atomic E-state index is 2.25. The molecule has 1 heterocycles. The summed E-state index contributed by atoms with van der Waals surface area (Å²) in [6.07, 6.45) is 0. The Labute approximate surface area is 56.8 Å². The highest BCUT2D eigenvalue weighted by atomic mass is 15.3. The van der Waals surface area contributed by atoms with Crippen LogP contribution in [0.4, 0.5) is 0 Å². The van der Waals surface area contributed by atoms with E-state index in [1.165, 1.54) is 11.4 Å². The van der Waals surface area contributed by atoms with E-state index in [1.54, 1.807) is 0 Å².